The Hall–Kier alpha value is -0.950. The van der Waals surface area contributed by atoms with Crippen molar-refractivity contribution in [2.45, 2.75) is 13.8 Å². The summed E-state index contributed by atoms with van der Waals surface area (Å²) in [6.07, 6.45) is 0. The maximum atomic E-state index is 14.0. The standard InChI is InChI=1S/C27H35NOS4/c1-3-30-17-19-32-15-13-28(14-16-33-20-18-31-4-2)27(29)26-24-11-7-5-9-22(24)21-23-10-6-8-12-25(23)26/h5-12,21H,3-4,13-20H2,1-2H3. The van der Waals surface area contributed by atoms with E-state index in [9.17, 15) is 4.79 Å². The highest BCUT2D eigenvalue weighted by Gasteiger charge is 2.20. The molecule has 2 nitrogen and oxygen atoms in total. The number of amides is 1. The zero-order valence-corrected chi connectivity index (χ0v) is 23.0. The van der Waals surface area contributed by atoms with Crippen LogP contribution >= 0.6 is 47.0 Å². The van der Waals surface area contributed by atoms with Crippen LogP contribution in [0.15, 0.2) is 54.6 Å². The molecular formula is C27H35NOS4. The number of carbonyl (C=O) groups is 1. The molecule has 0 unspecified atom stereocenters. The van der Waals surface area contributed by atoms with Crippen LogP contribution in [0, 0.1) is 0 Å². The van der Waals surface area contributed by atoms with Gasteiger partial charge in [0.05, 0.1) is 5.56 Å². The average Bonchev–Trinajstić information content (AvgIpc) is 2.85. The summed E-state index contributed by atoms with van der Waals surface area (Å²) in [6, 6.07) is 18.8. The number of thioether (sulfide) groups is 4. The monoisotopic (exact) mass is 517 g/mol. The van der Waals surface area contributed by atoms with Crippen LogP contribution in [0.4, 0.5) is 0 Å². The maximum absolute atomic E-state index is 14.0. The van der Waals surface area contributed by atoms with Gasteiger partial charge in [0.25, 0.3) is 5.91 Å². The lowest BCUT2D eigenvalue weighted by atomic mass is 9.96. The first-order valence-electron chi connectivity index (χ1n) is 11.8. The third kappa shape index (κ3) is 8.05. The molecule has 0 fully saturated rings. The van der Waals surface area contributed by atoms with E-state index >= 15 is 0 Å². The molecule has 3 aromatic rings. The first-order chi connectivity index (χ1) is 16.3. The zero-order valence-electron chi connectivity index (χ0n) is 19.8. The lowest BCUT2D eigenvalue weighted by Crippen LogP contribution is -2.35. The third-order valence-corrected chi connectivity index (χ3v) is 9.68. The predicted octanol–water partition coefficient (Wildman–Crippen LogP) is 7.41. The summed E-state index contributed by atoms with van der Waals surface area (Å²) >= 11 is 7.91. The summed E-state index contributed by atoms with van der Waals surface area (Å²) in [4.78, 5) is 16.1. The molecule has 178 valence electrons. The third-order valence-electron chi connectivity index (χ3n) is 5.44. The van der Waals surface area contributed by atoms with Crippen LogP contribution in [0.2, 0.25) is 0 Å². The normalized spacial score (nSPS) is 11.3. The number of benzene rings is 3. The van der Waals surface area contributed by atoms with Crippen LogP contribution in [0.25, 0.3) is 21.5 Å². The molecule has 0 aromatic heterocycles. The van der Waals surface area contributed by atoms with E-state index in [2.05, 4.69) is 61.2 Å². The van der Waals surface area contributed by atoms with Gasteiger partial charge in [-0.2, -0.15) is 47.0 Å². The topological polar surface area (TPSA) is 20.3 Å². The van der Waals surface area contributed by atoms with Crippen molar-refractivity contribution in [3.63, 3.8) is 0 Å². The predicted molar refractivity (Wildman–Crippen MR) is 158 cm³/mol. The van der Waals surface area contributed by atoms with Crippen molar-refractivity contribution >= 4 is 74.5 Å². The molecule has 3 aromatic carbocycles. The molecule has 0 aliphatic rings. The summed E-state index contributed by atoms with van der Waals surface area (Å²) in [7, 11) is 0. The van der Waals surface area contributed by atoms with Crippen molar-refractivity contribution in [1.82, 2.24) is 4.90 Å². The number of fused-ring (bicyclic) bond motifs is 2. The van der Waals surface area contributed by atoms with Crippen molar-refractivity contribution < 1.29 is 4.79 Å². The quantitative estimate of drug-likeness (QED) is 0.154. The molecule has 0 heterocycles. The minimum absolute atomic E-state index is 0.176. The van der Waals surface area contributed by atoms with Crippen molar-refractivity contribution in [2.24, 2.45) is 0 Å². The molecule has 0 bridgehead atoms. The second-order valence-electron chi connectivity index (χ2n) is 7.60. The van der Waals surface area contributed by atoms with Crippen molar-refractivity contribution in [1.29, 1.82) is 0 Å². The van der Waals surface area contributed by atoms with E-state index in [-0.39, 0.29) is 5.91 Å². The molecule has 33 heavy (non-hydrogen) atoms. The van der Waals surface area contributed by atoms with E-state index in [1.54, 1.807) is 0 Å². The molecule has 0 saturated carbocycles. The van der Waals surface area contributed by atoms with Crippen molar-refractivity contribution in [2.75, 3.05) is 59.1 Å². The minimum atomic E-state index is 0.176. The van der Waals surface area contributed by atoms with Gasteiger partial charge in [-0.15, -0.1) is 0 Å². The fourth-order valence-electron chi connectivity index (χ4n) is 3.80. The molecule has 0 saturated heterocycles. The van der Waals surface area contributed by atoms with Gasteiger partial charge < -0.3 is 4.90 Å². The first-order valence-corrected chi connectivity index (χ1v) is 16.4. The molecule has 6 heteroatoms. The summed E-state index contributed by atoms with van der Waals surface area (Å²) in [5.41, 5.74) is 0.863. The highest BCUT2D eigenvalue weighted by atomic mass is 32.2. The Morgan fingerprint density at radius 1 is 0.667 bits per heavy atom. The number of hydrogen-bond acceptors (Lipinski definition) is 5. The van der Waals surface area contributed by atoms with Crippen LogP contribution in [0.1, 0.15) is 24.2 Å². The second kappa shape index (κ2) is 15.1. The molecule has 3 rings (SSSR count). The van der Waals surface area contributed by atoms with Gasteiger partial charge in [0.15, 0.2) is 0 Å². The van der Waals surface area contributed by atoms with Crippen LogP contribution in [0.5, 0.6) is 0 Å². The van der Waals surface area contributed by atoms with E-state index in [1.165, 1.54) is 23.0 Å². The SMILES string of the molecule is CCSCCSCCN(CCSCCSCC)C(=O)c1c2ccccc2cc2ccccc12. The van der Waals surface area contributed by atoms with Gasteiger partial charge in [-0.05, 0) is 39.1 Å². The summed E-state index contributed by atoms with van der Waals surface area (Å²) in [5, 5.41) is 4.39. The van der Waals surface area contributed by atoms with Gasteiger partial charge in [0.1, 0.15) is 0 Å². The lowest BCUT2D eigenvalue weighted by Gasteiger charge is -2.24. The Kier molecular flexibility index (Phi) is 12.2. The van der Waals surface area contributed by atoms with Gasteiger partial charge in [-0.25, -0.2) is 0 Å². The number of nitrogens with zero attached hydrogens (tertiary/aromatic N) is 1. The highest BCUT2D eigenvalue weighted by molar-refractivity contribution is 8.03. The number of rotatable bonds is 15. The second-order valence-corrected chi connectivity index (χ2v) is 12.8. The first kappa shape index (κ1) is 26.7. The van der Waals surface area contributed by atoms with Crippen molar-refractivity contribution in [3.8, 4) is 0 Å². The van der Waals surface area contributed by atoms with Crippen LogP contribution in [0.3, 0.4) is 0 Å². The number of carbonyl (C=O) groups excluding carboxylic acids is 1. The fourth-order valence-corrected chi connectivity index (χ4v) is 7.37. The number of hydrogen-bond donors (Lipinski definition) is 0. The largest absolute Gasteiger partial charge is 0.337 e. The molecular weight excluding hydrogens is 483 g/mol. The Labute approximate surface area is 216 Å². The Balaban J connectivity index is 1.79. The summed E-state index contributed by atoms with van der Waals surface area (Å²) in [5.74, 6) is 9.20. The maximum Gasteiger partial charge on any atom is 0.255 e. The van der Waals surface area contributed by atoms with Gasteiger partial charge in [0, 0.05) is 47.6 Å². The van der Waals surface area contributed by atoms with Crippen LogP contribution in [-0.4, -0.2) is 69.9 Å². The smallest absolute Gasteiger partial charge is 0.255 e. The van der Waals surface area contributed by atoms with E-state index in [0.717, 1.165) is 63.2 Å². The van der Waals surface area contributed by atoms with Gasteiger partial charge in [0.2, 0.25) is 0 Å². The Morgan fingerprint density at radius 2 is 1.12 bits per heavy atom. The lowest BCUT2D eigenvalue weighted by molar-refractivity contribution is 0.0780. The van der Waals surface area contributed by atoms with E-state index in [4.69, 9.17) is 0 Å². The molecule has 0 spiro atoms. The zero-order chi connectivity index (χ0) is 23.3. The van der Waals surface area contributed by atoms with E-state index < -0.39 is 0 Å². The Bertz CT molecular complexity index is 940. The van der Waals surface area contributed by atoms with Gasteiger partial charge in [-0.3, -0.25) is 4.79 Å². The molecule has 0 atom stereocenters. The van der Waals surface area contributed by atoms with E-state index in [0.29, 0.717) is 0 Å². The van der Waals surface area contributed by atoms with Crippen LogP contribution in [-0.2, 0) is 0 Å². The molecule has 1 amide bonds. The van der Waals surface area contributed by atoms with Gasteiger partial charge >= 0.3 is 0 Å². The van der Waals surface area contributed by atoms with E-state index in [1.807, 2.05) is 59.2 Å². The minimum Gasteiger partial charge on any atom is -0.337 e. The molecule has 0 aliphatic heterocycles. The summed E-state index contributed by atoms with van der Waals surface area (Å²) < 4.78 is 0. The fraction of sp³-hybridized carbons (Fsp3) is 0.444. The highest BCUT2D eigenvalue weighted by Crippen LogP contribution is 2.29. The summed E-state index contributed by atoms with van der Waals surface area (Å²) in [6.45, 7) is 6.03. The van der Waals surface area contributed by atoms with Gasteiger partial charge in [-0.1, -0.05) is 62.4 Å². The molecule has 0 N–H and O–H groups in total. The average molecular weight is 518 g/mol. The molecule has 0 radical (unpaired) electrons. The molecule has 0 aliphatic carbocycles. The van der Waals surface area contributed by atoms with Crippen molar-refractivity contribution in [3.05, 3.63) is 60.2 Å². The Morgan fingerprint density at radius 3 is 1.61 bits per heavy atom. The van der Waals surface area contributed by atoms with Crippen LogP contribution < -0.4 is 0 Å².